The van der Waals surface area contributed by atoms with Crippen molar-refractivity contribution in [3.05, 3.63) is 46.6 Å². The van der Waals surface area contributed by atoms with E-state index in [-0.39, 0.29) is 10.8 Å². The molecule has 6 heteroatoms. The van der Waals surface area contributed by atoms with Crippen molar-refractivity contribution in [2.45, 2.75) is 6.92 Å². The van der Waals surface area contributed by atoms with E-state index in [1.165, 1.54) is 12.1 Å². The maximum atomic E-state index is 13.3. The van der Waals surface area contributed by atoms with Gasteiger partial charge in [-0.2, -0.15) is 0 Å². The van der Waals surface area contributed by atoms with Crippen LogP contribution >= 0.6 is 11.6 Å². The fraction of sp³-hybridized carbons (Fsp3) is 0.0833. The Morgan fingerprint density at radius 1 is 1.28 bits per heavy atom. The Morgan fingerprint density at radius 3 is 2.61 bits per heavy atom. The maximum absolute atomic E-state index is 13.3. The van der Waals surface area contributed by atoms with E-state index < -0.39 is 11.8 Å². The van der Waals surface area contributed by atoms with E-state index >= 15 is 0 Å². The lowest BCUT2D eigenvalue weighted by Gasteiger charge is -2.04. The zero-order chi connectivity index (χ0) is 13.3. The molecule has 0 amide bonds. The summed E-state index contributed by atoms with van der Waals surface area (Å²) >= 11 is 5.71. The molecule has 0 aliphatic carbocycles. The molecule has 0 atom stereocenters. The molecule has 2 aromatic rings. The minimum Gasteiger partial charge on any atom is -0.478 e. The summed E-state index contributed by atoms with van der Waals surface area (Å²) in [5.41, 5.74) is 1.21. The van der Waals surface area contributed by atoms with Crippen molar-refractivity contribution < 1.29 is 14.3 Å². The van der Waals surface area contributed by atoms with Crippen LogP contribution in [0.15, 0.2) is 24.3 Å². The molecule has 0 saturated heterocycles. The third-order valence-corrected chi connectivity index (χ3v) is 2.44. The highest BCUT2D eigenvalue weighted by atomic mass is 35.5. The normalized spacial score (nSPS) is 10.4. The Hall–Kier alpha value is -2.01. The first kappa shape index (κ1) is 12.4. The number of nitrogens with zero attached hydrogens (tertiary/aromatic N) is 2. The number of benzene rings is 1. The van der Waals surface area contributed by atoms with E-state index in [0.29, 0.717) is 17.0 Å². The number of aryl methyl sites for hydroxylation is 1. The van der Waals surface area contributed by atoms with E-state index in [9.17, 15) is 9.18 Å². The summed E-state index contributed by atoms with van der Waals surface area (Å²) in [6, 6.07) is 5.09. The Morgan fingerprint density at radius 2 is 2.00 bits per heavy atom. The molecule has 0 saturated carbocycles. The largest absolute Gasteiger partial charge is 0.478 e. The summed E-state index contributed by atoms with van der Waals surface area (Å²) < 4.78 is 13.3. The van der Waals surface area contributed by atoms with Gasteiger partial charge >= 0.3 is 5.97 Å². The van der Waals surface area contributed by atoms with Crippen LogP contribution in [0.5, 0.6) is 0 Å². The third-order valence-electron chi connectivity index (χ3n) is 2.27. The number of halogens is 2. The molecule has 0 unspecified atom stereocenters. The average Bonchev–Trinajstić information content (AvgIpc) is 2.26. The van der Waals surface area contributed by atoms with E-state index in [1.807, 2.05) is 0 Å². The lowest BCUT2D eigenvalue weighted by atomic mass is 10.1. The van der Waals surface area contributed by atoms with Gasteiger partial charge < -0.3 is 5.11 Å². The van der Waals surface area contributed by atoms with Crippen molar-refractivity contribution in [1.82, 2.24) is 9.97 Å². The Labute approximate surface area is 107 Å². The van der Waals surface area contributed by atoms with Crippen molar-refractivity contribution in [1.29, 1.82) is 0 Å². The number of carboxylic acids is 1. The maximum Gasteiger partial charge on any atom is 0.335 e. The van der Waals surface area contributed by atoms with Crippen molar-refractivity contribution in [2.75, 3.05) is 0 Å². The van der Waals surface area contributed by atoms with Crippen LogP contribution in [-0.4, -0.2) is 21.0 Å². The second-order valence-corrected chi connectivity index (χ2v) is 4.04. The fourth-order valence-electron chi connectivity index (χ4n) is 1.54. The smallest absolute Gasteiger partial charge is 0.335 e. The number of aromatic nitrogens is 2. The second-order valence-electron chi connectivity index (χ2n) is 3.70. The van der Waals surface area contributed by atoms with Crippen LogP contribution in [0.4, 0.5) is 4.39 Å². The molecule has 0 spiro atoms. The van der Waals surface area contributed by atoms with Crippen LogP contribution in [0.25, 0.3) is 11.3 Å². The highest BCUT2D eigenvalue weighted by Gasteiger charge is 2.10. The fourth-order valence-corrected chi connectivity index (χ4v) is 1.77. The van der Waals surface area contributed by atoms with Gasteiger partial charge in [-0.25, -0.2) is 19.2 Å². The summed E-state index contributed by atoms with van der Waals surface area (Å²) in [7, 11) is 0. The number of carbonyl (C=O) groups is 1. The van der Waals surface area contributed by atoms with Crippen LogP contribution in [0.3, 0.4) is 0 Å². The molecule has 0 fully saturated rings. The van der Waals surface area contributed by atoms with Crippen LogP contribution in [-0.2, 0) is 0 Å². The van der Waals surface area contributed by atoms with Gasteiger partial charge in [0.1, 0.15) is 5.82 Å². The predicted octanol–water partition coefficient (Wildman–Crippen LogP) is 2.94. The minimum atomic E-state index is -1.20. The number of rotatable bonds is 2. The van der Waals surface area contributed by atoms with Crippen LogP contribution in [0.1, 0.15) is 16.1 Å². The third kappa shape index (κ3) is 2.62. The summed E-state index contributed by atoms with van der Waals surface area (Å²) in [4.78, 5) is 18.7. The second kappa shape index (κ2) is 4.70. The molecular weight excluding hydrogens is 259 g/mol. The standard InChI is InChI=1S/C12H8ClFN2O2/c1-6-2-10(16-12(13)15-6)7-3-8(11(17)18)5-9(14)4-7/h2-5H,1H3,(H,17,18). The molecule has 1 aromatic carbocycles. The molecule has 4 nitrogen and oxygen atoms in total. The van der Waals surface area contributed by atoms with Gasteiger partial charge in [-0.05, 0) is 42.8 Å². The van der Waals surface area contributed by atoms with E-state index in [2.05, 4.69) is 9.97 Å². The summed E-state index contributed by atoms with van der Waals surface area (Å²) in [5, 5.41) is 8.90. The van der Waals surface area contributed by atoms with E-state index in [4.69, 9.17) is 16.7 Å². The average molecular weight is 267 g/mol. The number of hydrogen-bond donors (Lipinski definition) is 1. The molecule has 0 radical (unpaired) electrons. The van der Waals surface area contributed by atoms with Crippen molar-refractivity contribution >= 4 is 17.6 Å². The van der Waals surface area contributed by atoms with Crippen LogP contribution < -0.4 is 0 Å². The van der Waals surface area contributed by atoms with Gasteiger partial charge in [0.25, 0.3) is 0 Å². The SMILES string of the molecule is Cc1cc(-c2cc(F)cc(C(=O)O)c2)nc(Cl)n1. The number of carboxylic acid groups (broad SMARTS) is 1. The van der Waals surface area contributed by atoms with Gasteiger partial charge in [0.15, 0.2) is 0 Å². The summed E-state index contributed by atoms with van der Waals surface area (Å²) in [6.45, 7) is 1.72. The molecule has 1 aromatic heterocycles. The predicted molar refractivity (Wildman–Crippen MR) is 64.1 cm³/mol. The lowest BCUT2D eigenvalue weighted by molar-refractivity contribution is 0.0696. The number of hydrogen-bond acceptors (Lipinski definition) is 3. The van der Waals surface area contributed by atoms with Crippen molar-refractivity contribution in [3.8, 4) is 11.3 Å². The first-order valence-corrected chi connectivity index (χ1v) is 5.39. The molecule has 0 aliphatic heterocycles. The van der Waals surface area contributed by atoms with Gasteiger partial charge in [0.05, 0.1) is 11.3 Å². The van der Waals surface area contributed by atoms with E-state index in [0.717, 1.165) is 6.07 Å². The Balaban J connectivity index is 2.59. The Kier molecular flexibility index (Phi) is 3.25. The topological polar surface area (TPSA) is 63.1 Å². The molecule has 0 bridgehead atoms. The lowest BCUT2D eigenvalue weighted by Crippen LogP contribution is -1.99. The first-order valence-electron chi connectivity index (χ1n) is 5.01. The molecule has 2 rings (SSSR count). The zero-order valence-corrected chi connectivity index (χ0v) is 10.1. The summed E-state index contributed by atoms with van der Waals surface area (Å²) in [6.07, 6.45) is 0. The van der Waals surface area contributed by atoms with Crippen molar-refractivity contribution in [2.24, 2.45) is 0 Å². The highest BCUT2D eigenvalue weighted by molar-refractivity contribution is 6.28. The monoisotopic (exact) mass is 266 g/mol. The van der Waals surface area contributed by atoms with Crippen LogP contribution in [0.2, 0.25) is 5.28 Å². The Bertz CT molecular complexity index is 611. The molecule has 18 heavy (non-hydrogen) atoms. The highest BCUT2D eigenvalue weighted by Crippen LogP contribution is 2.22. The summed E-state index contributed by atoms with van der Waals surface area (Å²) in [5.74, 6) is -1.84. The quantitative estimate of drug-likeness (QED) is 0.849. The van der Waals surface area contributed by atoms with Gasteiger partial charge in [0.2, 0.25) is 5.28 Å². The van der Waals surface area contributed by atoms with Gasteiger partial charge in [0, 0.05) is 11.3 Å². The first-order chi connectivity index (χ1) is 8.45. The molecule has 0 aliphatic rings. The van der Waals surface area contributed by atoms with E-state index in [1.54, 1.807) is 13.0 Å². The zero-order valence-electron chi connectivity index (χ0n) is 9.32. The molecule has 1 N–H and O–H groups in total. The van der Waals surface area contributed by atoms with Crippen molar-refractivity contribution in [3.63, 3.8) is 0 Å². The number of aromatic carboxylic acids is 1. The van der Waals surface area contributed by atoms with Gasteiger partial charge in [-0.15, -0.1) is 0 Å². The molecule has 92 valence electrons. The minimum absolute atomic E-state index is 0.0335. The van der Waals surface area contributed by atoms with Gasteiger partial charge in [-0.1, -0.05) is 0 Å². The molecule has 1 heterocycles. The van der Waals surface area contributed by atoms with Gasteiger partial charge in [-0.3, -0.25) is 0 Å². The van der Waals surface area contributed by atoms with Crippen LogP contribution in [0, 0.1) is 12.7 Å². The molecular formula is C12H8ClFN2O2.